The van der Waals surface area contributed by atoms with E-state index in [2.05, 4.69) is 25.3 Å². The van der Waals surface area contributed by atoms with Crippen LogP contribution in [0.25, 0.3) is 0 Å². The maximum atomic E-state index is 12.2. The van der Waals surface area contributed by atoms with Gasteiger partial charge in [-0.25, -0.2) is 0 Å². The molecule has 0 N–H and O–H groups in total. The molecule has 108 valence electrons. The van der Waals surface area contributed by atoms with Crippen molar-refractivity contribution in [3.63, 3.8) is 0 Å². The molecule has 0 aliphatic rings. The summed E-state index contributed by atoms with van der Waals surface area (Å²) in [6, 6.07) is 6.83. The van der Waals surface area contributed by atoms with E-state index in [1.165, 1.54) is 11.8 Å². The van der Waals surface area contributed by atoms with Gasteiger partial charge in [0.25, 0.3) is 0 Å². The number of hydrogen-bond donors (Lipinski definition) is 0. The normalized spacial score (nSPS) is 10.2. The van der Waals surface area contributed by atoms with Crippen LogP contribution in [-0.2, 0) is 0 Å². The average molecular weight is 328 g/mol. The molecule has 0 spiro atoms. The molecule has 0 aromatic heterocycles. The summed E-state index contributed by atoms with van der Waals surface area (Å²) in [5, 5.41) is 0.615. The van der Waals surface area contributed by atoms with Gasteiger partial charge in [0.05, 0.1) is 0 Å². The smallest absolute Gasteiger partial charge is 0.189 e. The molecule has 5 heteroatoms. The van der Waals surface area contributed by atoms with Gasteiger partial charge in [0, 0.05) is 35.0 Å². The van der Waals surface area contributed by atoms with Gasteiger partial charge < -0.3 is 4.90 Å². The van der Waals surface area contributed by atoms with E-state index in [-0.39, 0.29) is 5.78 Å². The molecule has 1 rings (SSSR count). The molecule has 0 saturated heterocycles. The highest BCUT2D eigenvalue weighted by Crippen LogP contribution is 2.17. The fraction of sp³-hybridized carbons (Fsp3) is 0.333. The monoisotopic (exact) mass is 327 g/mol. The predicted molar refractivity (Wildman–Crippen MR) is 92.9 cm³/mol. The summed E-state index contributed by atoms with van der Waals surface area (Å²) < 4.78 is 0.806. The first-order valence-electron chi connectivity index (χ1n) is 6.39. The lowest BCUT2D eigenvalue weighted by Gasteiger charge is -2.20. The number of rotatable bonds is 6. The largest absolute Gasteiger partial charge is 0.358 e. The number of carbonyl (C=O) groups is 1. The average Bonchev–Trinajstić information content (AvgIpc) is 2.46. The summed E-state index contributed by atoms with van der Waals surface area (Å²) >= 11 is 12.6. The standard InChI is InChI=1S/C15H18ClNOS2/c1-4-17(5-2)15(19)20-10-11(3)14(18)12-6-8-13(16)9-7-12/h6-9H,3-5,10H2,1-2H3. The van der Waals surface area contributed by atoms with Crippen LogP contribution in [0.4, 0.5) is 0 Å². The van der Waals surface area contributed by atoms with E-state index in [0.717, 1.165) is 17.4 Å². The lowest BCUT2D eigenvalue weighted by molar-refractivity contribution is 0.103. The first-order valence-corrected chi connectivity index (χ1v) is 8.16. The molecule has 0 aliphatic carbocycles. The number of thiocarbonyl (C=S) groups is 1. The molecule has 0 atom stereocenters. The quantitative estimate of drug-likeness (QED) is 0.437. The summed E-state index contributed by atoms with van der Waals surface area (Å²) in [5.41, 5.74) is 1.15. The Morgan fingerprint density at radius 3 is 2.35 bits per heavy atom. The van der Waals surface area contributed by atoms with Gasteiger partial charge >= 0.3 is 0 Å². The maximum Gasteiger partial charge on any atom is 0.189 e. The summed E-state index contributed by atoms with van der Waals surface area (Å²) in [7, 11) is 0. The maximum absolute atomic E-state index is 12.2. The molecule has 2 nitrogen and oxygen atoms in total. The molecule has 1 aromatic carbocycles. The van der Waals surface area contributed by atoms with Crippen molar-refractivity contribution in [1.82, 2.24) is 4.90 Å². The summed E-state index contributed by atoms with van der Waals surface area (Å²) in [5.74, 6) is 0.452. The number of nitrogens with zero attached hydrogens (tertiary/aromatic N) is 1. The lowest BCUT2D eigenvalue weighted by Crippen LogP contribution is -2.27. The Balaban J connectivity index is 2.56. The van der Waals surface area contributed by atoms with Gasteiger partial charge in [0.15, 0.2) is 5.78 Å². The first kappa shape index (κ1) is 17.2. The molecule has 0 saturated carbocycles. The minimum atomic E-state index is -0.0588. The van der Waals surface area contributed by atoms with Crippen molar-refractivity contribution in [2.45, 2.75) is 13.8 Å². The zero-order valence-corrected chi connectivity index (χ0v) is 14.1. The van der Waals surface area contributed by atoms with Crippen molar-refractivity contribution in [2.75, 3.05) is 18.8 Å². The highest BCUT2D eigenvalue weighted by molar-refractivity contribution is 8.23. The zero-order chi connectivity index (χ0) is 15.1. The van der Waals surface area contributed by atoms with Gasteiger partial charge in [0.1, 0.15) is 4.32 Å². The second-order valence-corrected chi connectivity index (χ2v) is 6.21. The molecule has 20 heavy (non-hydrogen) atoms. The fourth-order valence-corrected chi connectivity index (χ4v) is 3.02. The Kier molecular flexibility index (Phi) is 7.27. The van der Waals surface area contributed by atoms with Gasteiger partial charge in [-0.15, -0.1) is 0 Å². The molecule has 0 amide bonds. The van der Waals surface area contributed by atoms with Crippen molar-refractivity contribution < 1.29 is 4.79 Å². The van der Waals surface area contributed by atoms with Gasteiger partial charge in [0.2, 0.25) is 0 Å². The van der Waals surface area contributed by atoms with Crippen LogP contribution in [-0.4, -0.2) is 33.8 Å². The van der Waals surface area contributed by atoms with Crippen molar-refractivity contribution in [3.05, 3.63) is 47.0 Å². The second-order valence-electron chi connectivity index (χ2n) is 4.17. The van der Waals surface area contributed by atoms with E-state index in [0.29, 0.717) is 21.9 Å². The Labute approximate surface area is 135 Å². The van der Waals surface area contributed by atoms with Crippen LogP contribution < -0.4 is 0 Å². The van der Waals surface area contributed by atoms with E-state index in [1.807, 2.05) is 0 Å². The van der Waals surface area contributed by atoms with Gasteiger partial charge in [-0.3, -0.25) is 4.79 Å². The van der Waals surface area contributed by atoms with Crippen LogP contribution in [0.2, 0.25) is 5.02 Å². The van der Waals surface area contributed by atoms with Crippen LogP contribution >= 0.6 is 35.6 Å². The molecular weight excluding hydrogens is 310 g/mol. The Hall–Kier alpha value is -0.840. The number of halogens is 1. The fourth-order valence-electron chi connectivity index (χ4n) is 1.59. The highest BCUT2D eigenvalue weighted by atomic mass is 35.5. The van der Waals surface area contributed by atoms with E-state index in [9.17, 15) is 4.79 Å². The number of carbonyl (C=O) groups excluding carboxylic acids is 1. The number of benzene rings is 1. The third-order valence-electron chi connectivity index (χ3n) is 2.82. The Bertz CT molecular complexity index is 495. The predicted octanol–water partition coefficient (Wildman–Crippen LogP) is 4.44. The van der Waals surface area contributed by atoms with Gasteiger partial charge in [-0.05, 0) is 38.1 Å². The first-order chi connectivity index (χ1) is 9.49. The second kappa shape index (κ2) is 8.45. The number of thioether (sulfide) groups is 1. The van der Waals surface area contributed by atoms with Gasteiger partial charge in [-0.1, -0.05) is 42.2 Å². The molecule has 0 heterocycles. The minimum absolute atomic E-state index is 0.0588. The molecule has 0 fully saturated rings. The van der Waals surface area contributed by atoms with Crippen LogP contribution in [0.15, 0.2) is 36.4 Å². The van der Waals surface area contributed by atoms with E-state index >= 15 is 0 Å². The SMILES string of the molecule is C=C(CSC(=S)N(CC)CC)C(=O)c1ccc(Cl)cc1. The van der Waals surface area contributed by atoms with Crippen molar-refractivity contribution in [3.8, 4) is 0 Å². The summed E-state index contributed by atoms with van der Waals surface area (Å²) in [4.78, 5) is 14.2. The van der Waals surface area contributed by atoms with Crippen LogP contribution in [0, 0.1) is 0 Å². The molecule has 0 bridgehead atoms. The zero-order valence-electron chi connectivity index (χ0n) is 11.7. The lowest BCUT2D eigenvalue weighted by atomic mass is 10.1. The highest BCUT2D eigenvalue weighted by Gasteiger charge is 2.13. The van der Waals surface area contributed by atoms with Crippen LogP contribution in [0.1, 0.15) is 24.2 Å². The number of Topliss-reactive ketones (excluding diaryl/α,β-unsaturated/α-hetero) is 1. The third-order valence-corrected chi connectivity index (χ3v) is 4.68. The molecular formula is C15H18ClNOS2. The topological polar surface area (TPSA) is 20.3 Å². The van der Waals surface area contributed by atoms with E-state index in [1.54, 1.807) is 24.3 Å². The summed E-state index contributed by atoms with van der Waals surface area (Å²) in [6.07, 6.45) is 0. The third kappa shape index (κ3) is 4.93. The Morgan fingerprint density at radius 1 is 1.30 bits per heavy atom. The molecule has 0 radical (unpaired) electrons. The van der Waals surface area contributed by atoms with Gasteiger partial charge in [-0.2, -0.15) is 0 Å². The van der Waals surface area contributed by atoms with Crippen molar-refractivity contribution >= 4 is 45.7 Å². The van der Waals surface area contributed by atoms with Crippen molar-refractivity contribution in [1.29, 1.82) is 0 Å². The number of hydrogen-bond acceptors (Lipinski definition) is 3. The number of ketones is 1. The Morgan fingerprint density at radius 2 is 1.85 bits per heavy atom. The molecule has 0 aliphatic heterocycles. The van der Waals surface area contributed by atoms with Crippen molar-refractivity contribution in [2.24, 2.45) is 0 Å². The molecule has 0 unspecified atom stereocenters. The minimum Gasteiger partial charge on any atom is -0.358 e. The molecule has 1 aromatic rings. The van der Waals surface area contributed by atoms with E-state index < -0.39 is 0 Å². The summed E-state index contributed by atoms with van der Waals surface area (Å²) in [6.45, 7) is 9.72. The van der Waals surface area contributed by atoms with Crippen LogP contribution in [0.3, 0.4) is 0 Å². The van der Waals surface area contributed by atoms with E-state index in [4.69, 9.17) is 23.8 Å². The van der Waals surface area contributed by atoms with Crippen LogP contribution in [0.5, 0.6) is 0 Å².